The molecule has 1 saturated heterocycles. The molecule has 2 aromatic carbocycles. The second-order valence-corrected chi connectivity index (χ2v) is 10.9. The molecule has 0 aromatic heterocycles. The molecule has 2 heterocycles. The fourth-order valence-electron chi connectivity index (χ4n) is 4.76. The van der Waals surface area contributed by atoms with Crippen molar-refractivity contribution in [2.75, 3.05) is 26.2 Å². The Morgan fingerprint density at radius 3 is 2.65 bits per heavy atom. The lowest BCUT2D eigenvalue weighted by Crippen LogP contribution is -2.35. The van der Waals surface area contributed by atoms with Gasteiger partial charge in [-0.05, 0) is 68.0 Å². The number of nitrogens with zero attached hydrogens (tertiary/aromatic N) is 1. The second-order valence-electron chi connectivity index (χ2n) is 8.80. The van der Waals surface area contributed by atoms with Crippen LogP contribution in [-0.4, -0.2) is 44.8 Å². The first-order chi connectivity index (χ1) is 15.0. The molecule has 6 heteroatoms. The van der Waals surface area contributed by atoms with Crippen molar-refractivity contribution in [2.24, 2.45) is 5.92 Å². The zero-order valence-electron chi connectivity index (χ0n) is 18.5. The predicted octanol–water partition coefficient (Wildman–Crippen LogP) is 4.87. The molecule has 31 heavy (non-hydrogen) atoms. The lowest BCUT2D eigenvalue weighted by Gasteiger charge is -2.33. The van der Waals surface area contributed by atoms with Gasteiger partial charge in [0.05, 0.1) is 6.61 Å². The summed E-state index contributed by atoms with van der Waals surface area (Å²) in [6.07, 6.45) is 3.63. The molecule has 5 nitrogen and oxygen atoms in total. The van der Waals surface area contributed by atoms with Gasteiger partial charge in [-0.25, -0.2) is 8.42 Å². The summed E-state index contributed by atoms with van der Waals surface area (Å²) in [4.78, 5) is 2.82. The maximum atomic E-state index is 13.1. The highest BCUT2D eigenvalue weighted by Crippen LogP contribution is 2.42. The van der Waals surface area contributed by atoms with Gasteiger partial charge in [0, 0.05) is 13.1 Å². The molecule has 0 amide bonds. The summed E-state index contributed by atoms with van der Waals surface area (Å²) < 4.78 is 38.3. The highest BCUT2D eigenvalue weighted by Gasteiger charge is 2.41. The van der Waals surface area contributed by atoms with Crippen LogP contribution in [0.2, 0.25) is 0 Å². The van der Waals surface area contributed by atoms with Crippen LogP contribution in [0.1, 0.15) is 51.2 Å². The zero-order valence-corrected chi connectivity index (χ0v) is 19.3. The quantitative estimate of drug-likeness (QED) is 0.571. The van der Waals surface area contributed by atoms with E-state index >= 15 is 0 Å². The van der Waals surface area contributed by atoms with Crippen LogP contribution in [0, 0.1) is 5.92 Å². The Morgan fingerprint density at radius 1 is 1.13 bits per heavy atom. The Balaban J connectivity index is 1.37. The maximum Gasteiger partial charge on any atom is 0.188 e. The molecule has 0 aliphatic carbocycles. The van der Waals surface area contributed by atoms with Gasteiger partial charge in [-0.15, -0.1) is 0 Å². The highest BCUT2D eigenvalue weighted by molar-refractivity contribution is 7.92. The van der Waals surface area contributed by atoms with Crippen LogP contribution in [0.5, 0.6) is 11.5 Å². The Labute approximate surface area is 186 Å². The lowest BCUT2D eigenvalue weighted by atomic mass is 10.0. The van der Waals surface area contributed by atoms with Crippen molar-refractivity contribution in [1.29, 1.82) is 0 Å². The van der Waals surface area contributed by atoms with E-state index in [1.165, 1.54) is 25.9 Å². The molecule has 0 saturated carbocycles. The second kappa shape index (κ2) is 9.61. The van der Waals surface area contributed by atoms with Crippen molar-refractivity contribution in [2.45, 2.75) is 55.8 Å². The Kier molecular flexibility index (Phi) is 6.87. The van der Waals surface area contributed by atoms with Gasteiger partial charge in [0.15, 0.2) is 9.84 Å². The van der Waals surface area contributed by atoms with Crippen LogP contribution in [0.3, 0.4) is 0 Å². The number of likely N-dealkylation sites (tertiary alicyclic amines) is 1. The fraction of sp³-hybridized carbons (Fsp3) is 0.520. The van der Waals surface area contributed by atoms with Gasteiger partial charge in [0.2, 0.25) is 0 Å². The van der Waals surface area contributed by atoms with Crippen LogP contribution < -0.4 is 9.47 Å². The molecular weight excluding hydrogens is 410 g/mol. The summed E-state index contributed by atoms with van der Waals surface area (Å²) in [6, 6.07) is 14.6. The van der Waals surface area contributed by atoms with E-state index in [1.54, 1.807) is 24.3 Å². The Morgan fingerprint density at radius 2 is 1.90 bits per heavy atom. The number of benzene rings is 2. The molecule has 2 aromatic rings. The number of piperidine rings is 1. The smallest absolute Gasteiger partial charge is 0.188 e. The summed E-state index contributed by atoms with van der Waals surface area (Å²) in [5.74, 6) is 2.04. The van der Waals surface area contributed by atoms with Crippen LogP contribution in [0.4, 0.5) is 0 Å². The van der Waals surface area contributed by atoms with Gasteiger partial charge in [0.1, 0.15) is 27.7 Å². The summed E-state index contributed by atoms with van der Waals surface area (Å²) in [5, 5.41) is -0.596. The van der Waals surface area contributed by atoms with Crippen LogP contribution in [0.15, 0.2) is 53.4 Å². The Hall–Kier alpha value is -2.05. The third-order valence-corrected chi connectivity index (χ3v) is 8.71. The van der Waals surface area contributed by atoms with Crippen LogP contribution in [-0.2, 0) is 9.84 Å². The molecule has 1 fully saturated rings. The third-order valence-electron chi connectivity index (χ3n) is 6.39. The van der Waals surface area contributed by atoms with Crippen molar-refractivity contribution < 1.29 is 17.9 Å². The Bertz CT molecular complexity index is 973. The van der Waals surface area contributed by atoms with Crippen LogP contribution >= 0.6 is 0 Å². The first kappa shape index (κ1) is 22.2. The first-order valence-electron chi connectivity index (χ1n) is 11.4. The molecular formula is C25H33NO4S. The number of fused-ring (bicyclic) bond motifs is 1. The standard InChI is InChI=1S/C25H33NO4S/c1-3-23-25(30-22-9-4-5-10-24(22)31(23,27)28)20-11-13-21(14-12-20)29-17-7-16-26-15-6-8-19(2)18-26/h4-5,9-14,19,23,25H,3,6-8,15-18H2,1-2H3/t19-,23?,25?/m0/s1. The summed E-state index contributed by atoms with van der Waals surface area (Å²) in [5.41, 5.74) is 0.861. The molecule has 0 N–H and O–H groups in total. The van der Waals surface area contributed by atoms with Crippen molar-refractivity contribution in [3.05, 3.63) is 54.1 Å². The van der Waals surface area contributed by atoms with Gasteiger partial charge in [-0.3, -0.25) is 0 Å². The molecule has 0 spiro atoms. The number of hydrogen-bond donors (Lipinski definition) is 0. The van der Waals surface area contributed by atoms with Gasteiger partial charge in [-0.2, -0.15) is 0 Å². The van der Waals surface area contributed by atoms with E-state index in [4.69, 9.17) is 9.47 Å². The summed E-state index contributed by atoms with van der Waals surface area (Å²) in [7, 11) is -3.43. The average Bonchev–Trinajstić information content (AvgIpc) is 2.77. The van der Waals surface area contributed by atoms with Crippen molar-refractivity contribution in [3.63, 3.8) is 0 Å². The molecule has 3 atom stereocenters. The largest absolute Gasteiger partial charge is 0.494 e. The van der Waals surface area contributed by atoms with E-state index in [0.717, 1.165) is 30.2 Å². The van der Waals surface area contributed by atoms with E-state index in [0.29, 0.717) is 23.7 Å². The van der Waals surface area contributed by atoms with Gasteiger partial charge in [-0.1, -0.05) is 38.1 Å². The number of para-hydroxylation sites is 1. The van der Waals surface area contributed by atoms with Crippen LogP contribution in [0.25, 0.3) is 0 Å². The average molecular weight is 444 g/mol. The maximum absolute atomic E-state index is 13.1. The number of rotatable bonds is 7. The summed E-state index contributed by atoms with van der Waals surface area (Å²) in [6.45, 7) is 8.38. The number of ether oxygens (including phenoxy) is 2. The normalized spacial score (nSPS) is 25.4. The van der Waals surface area contributed by atoms with Gasteiger partial charge >= 0.3 is 0 Å². The zero-order chi connectivity index (χ0) is 21.8. The highest BCUT2D eigenvalue weighted by atomic mass is 32.2. The molecule has 2 aliphatic heterocycles. The van der Waals surface area contributed by atoms with Gasteiger partial charge in [0.25, 0.3) is 0 Å². The van der Waals surface area contributed by atoms with Gasteiger partial charge < -0.3 is 14.4 Å². The van der Waals surface area contributed by atoms with E-state index < -0.39 is 21.2 Å². The van der Waals surface area contributed by atoms with E-state index in [1.807, 2.05) is 31.2 Å². The van der Waals surface area contributed by atoms with Crippen molar-refractivity contribution >= 4 is 9.84 Å². The molecule has 0 bridgehead atoms. The van der Waals surface area contributed by atoms with Crippen molar-refractivity contribution in [1.82, 2.24) is 4.90 Å². The third kappa shape index (κ3) is 4.90. The first-order valence-corrected chi connectivity index (χ1v) is 13.0. The lowest BCUT2D eigenvalue weighted by molar-refractivity contribution is 0.170. The topological polar surface area (TPSA) is 55.8 Å². The van der Waals surface area contributed by atoms with Crippen molar-refractivity contribution in [3.8, 4) is 11.5 Å². The van der Waals surface area contributed by atoms with E-state index in [9.17, 15) is 8.42 Å². The van der Waals surface area contributed by atoms with E-state index in [-0.39, 0.29) is 0 Å². The minimum absolute atomic E-state index is 0.293. The molecule has 2 unspecified atom stereocenters. The predicted molar refractivity (Wildman–Crippen MR) is 122 cm³/mol. The molecule has 168 valence electrons. The number of hydrogen-bond acceptors (Lipinski definition) is 5. The number of sulfone groups is 1. The SMILES string of the molecule is CCC1C(c2ccc(OCCCN3CCC[C@H](C)C3)cc2)Oc2ccccc2S1(=O)=O. The minimum atomic E-state index is -3.43. The molecule has 2 aliphatic rings. The monoisotopic (exact) mass is 443 g/mol. The summed E-state index contributed by atoms with van der Waals surface area (Å²) >= 11 is 0. The molecule has 4 rings (SSSR count). The fourth-order valence-corrected chi connectivity index (χ4v) is 6.73. The minimum Gasteiger partial charge on any atom is -0.494 e. The molecule has 0 radical (unpaired) electrons. The van der Waals surface area contributed by atoms with E-state index in [2.05, 4.69) is 11.8 Å².